The van der Waals surface area contributed by atoms with E-state index in [0.29, 0.717) is 17.7 Å². The molecule has 6 heteroatoms. The lowest BCUT2D eigenvalue weighted by molar-refractivity contribution is 0.0857. The van der Waals surface area contributed by atoms with E-state index in [1.54, 1.807) is 24.3 Å². The summed E-state index contributed by atoms with van der Waals surface area (Å²) < 4.78 is 19.0. The second-order valence-corrected chi connectivity index (χ2v) is 5.86. The molecule has 0 aliphatic carbocycles. The number of benzene rings is 2. The molecule has 2 aromatic carbocycles. The third kappa shape index (κ3) is 4.42. The Morgan fingerprint density at radius 3 is 2.36 bits per heavy atom. The molecule has 0 radical (unpaired) electrons. The van der Waals surface area contributed by atoms with Crippen molar-refractivity contribution >= 4 is 17.5 Å². The molecular formula is C19H19FN2O3. The Morgan fingerprint density at radius 2 is 1.72 bits per heavy atom. The van der Waals surface area contributed by atoms with Gasteiger partial charge in [-0.3, -0.25) is 9.59 Å². The second-order valence-electron chi connectivity index (χ2n) is 5.86. The van der Waals surface area contributed by atoms with E-state index in [0.717, 1.165) is 19.4 Å². The summed E-state index contributed by atoms with van der Waals surface area (Å²) in [5, 5.41) is 5.33. The van der Waals surface area contributed by atoms with Crippen LogP contribution in [0.25, 0.3) is 0 Å². The van der Waals surface area contributed by atoms with Crippen molar-refractivity contribution < 1.29 is 18.7 Å². The Bertz CT molecular complexity index is 756. The minimum atomic E-state index is -0.499. The highest BCUT2D eigenvalue weighted by Gasteiger charge is 2.17. The van der Waals surface area contributed by atoms with Crippen molar-refractivity contribution in [3.05, 3.63) is 65.5 Å². The SMILES string of the molecule is O=C(NCC1CCCO1)c1ccc(C(=O)Nc2ccccc2F)cc1. The van der Waals surface area contributed by atoms with Crippen LogP contribution in [0.4, 0.5) is 10.1 Å². The normalized spacial score (nSPS) is 16.4. The summed E-state index contributed by atoms with van der Waals surface area (Å²) in [6.07, 6.45) is 2.05. The maximum atomic E-state index is 13.6. The molecule has 1 heterocycles. The maximum absolute atomic E-state index is 13.6. The maximum Gasteiger partial charge on any atom is 0.255 e. The van der Waals surface area contributed by atoms with Gasteiger partial charge in [0.25, 0.3) is 11.8 Å². The lowest BCUT2D eigenvalue weighted by Gasteiger charge is -2.11. The molecule has 130 valence electrons. The van der Waals surface area contributed by atoms with Gasteiger partial charge in [0, 0.05) is 24.3 Å². The third-order valence-electron chi connectivity index (χ3n) is 4.05. The first-order valence-corrected chi connectivity index (χ1v) is 8.19. The summed E-state index contributed by atoms with van der Waals surface area (Å²) in [5.74, 6) is -1.14. The fraction of sp³-hybridized carbons (Fsp3) is 0.263. The molecule has 0 bridgehead atoms. The zero-order valence-corrected chi connectivity index (χ0v) is 13.6. The Morgan fingerprint density at radius 1 is 1.04 bits per heavy atom. The lowest BCUT2D eigenvalue weighted by Crippen LogP contribution is -2.31. The van der Waals surface area contributed by atoms with Crippen LogP contribution >= 0.6 is 0 Å². The topological polar surface area (TPSA) is 67.4 Å². The Labute approximate surface area is 145 Å². The predicted molar refractivity (Wildman–Crippen MR) is 92.1 cm³/mol. The molecule has 2 aromatic rings. The summed E-state index contributed by atoms with van der Waals surface area (Å²) in [4.78, 5) is 24.3. The van der Waals surface area contributed by atoms with Crippen LogP contribution in [0.5, 0.6) is 0 Å². The van der Waals surface area contributed by atoms with E-state index in [4.69, 9.17) is 4.74 Å². The molecule has 0 saturated carbocycles. The number of carbonyl (C=O) groups excluding carboxylic acids is 2. The highest BCUT2D eigenvalue weighted by atomic mass is 19.1. The minimum absolute atomic E-state index is 0.0785. The fourth-order valence-electron chi connectivity index (χ4n) is 2.64. The summed E-state index contributed by atoms with van der Waals surface area (Å²) >= 11 is 0. The van der Waals surface area contributed by atoms with Crippen LogP contribution in [-0.4, -0.2) is 31.1 Å². The molecule has 5 nitrogen and oxygen atoms in total. The molecule has 0 spiro atoms. The van der Waals surface area contributed by atoms with E-state index >= 15 is 0 Å². The summed E-state index contributed by atoms with van der Waals surface area (Å²) in [6.45, 7) is 1.22. The predicted octanol–water partition coefficient (Wildman–Crippen LogP) is 2.99. The van der Waals surface area contributed by atoms with Gasteiger partial charge >= 0.3 is 0 Å². The van der Waals surface area contributed by atoms with Gasteiger partial charge in [0.1, 0.15) is 5.82 Å². The molecule has 25 heavy (non-hydrogen) atoms. The van der Waals surface area contributed by atoms with E-state index in [2.05, 4.69) is 10.6 Å². The van der Waals surface area contributed by atoms with Crippen LogP contribution in [0.1, 0.15) is 33.6 Å². The van der Waals surface area contributed by atoms with Crippen LogP contribution < -0.4 is 10.6 Å². The molecule has 1 saturated heterocycles. The molecule has 1 unspecified atom stereocenters. The largest absolute Gasteiger partial charge is 0.376 e. The number of amides is 2. The molecule has 2 N–H and O–H groups in total. The van der Waals surface area contributed by atoms with Gasteiger partial charge in [0.05, 0.1) is 11.8 Å². The number of ether oxygens (including phenoxy) is 1. The second kappa shape index (κ2) is 7.90. The molecule has 1 fully saturated rings. The fourth-order valence-corrected chi connectivity index (χ4v) is 2.64. The summed E-state index contributed by atoms with van der Waals surface area (Å²) in [7, 11) is 0. The van der Waals surface area contributed by atoms with E-state index in [1.807, 2.05) is 0 Å². The average Bonchev–Trinajstić information content (AvgIpc) is 3.15. The number of rotatable bonds is 5. The Balaban J connectivity index is 1.58. The molecule has 1 atom stereocenters. The number of anilines is 1. The number of para-hydroxylation sites is 1. The smallest absolute Gasteiger partial charge is 0.255 e. The first kappa shape index (κ1) is 17.1. The van der Waals surface area contributed by atoms with Crippen molar-refractivity contribution in [1.82, 2.24) is 5.32 Å². The van der Waals surface area contributed by atoms with Crippen LogP contribution in [0.15, 0.2) is 48.5 Å². The minimum Gasteiger partial charge on any atom is -0.376 e. The molecule has 3 rings (SSSR count). The number of carbonyl (C=O) groups is 2. The van der Waals surface area contributed by atoms with Crippen LogP contribution in [-0.2, 0) is 4.74 Å². The van der Waals surface area contributed by atoms with Gasteiger partial charge < -0.3 is 15.4 Å². The van der Waals surface area contributed by atoms with Gasteiger partial charge in [0.2, 0.25) is 0 Å². The van der Waals surface area contributed by atoms with Crippen molar-refractivity contribution in [2.45, 2.75) is 18.9 Å². The van der Waals surface area contributed by atoms with Crippen molar-refractivity contribution in [2.24, 2.45) is 0 Å². The van der Waals surface area contributed by atoms with Gasteiger partial charge in [-0.25, -0.2) is 4.39 Å². The molecule has 2 amide bonds. The van der Waals surface area contributed by atoms with Gasteiger partial charge in [-0.2, -0.15) is 0 Å². The summed E-state index contributed by atoms with van der Waals surface area (Å²) in [6, 6.07) is 12.2. The van der Waals surface area contributed by atoms with Gasteiger partial charge in [-0.1, -0.05) is 12.1 Å². The highest BCUT2D eigenvalue weighted by Crippen LogP contribution is 2.15. The van der Waals surface area contributed by atoms with Gasteiger partial charge in [-0.05, 0) is 49.2 Å². The van der Waals surface area contributed by atoms with Crippen molar-refractivity contribution in [3.8, 4) is 0 Å². The van der Waals surface area contributed by atoms with Crippen molar-refractivity contribution in [1.29, 1.82) is 0 Å². The molecule has 1 aliphatic heterocycles. The van der Waals surface area contributed by atoms with Gasteiger partial charge in [-0.15, -0.1) is 0 Å². The van der Waals surface area contributed by atoms with Crippen molar-refractivity contribution in [3.63, 3.8) is 0 Å². The Hall–Kier alpha value is -2.73. The third-order valence-corrected chi connectivity index (χ3v) is 4.05. The van der Waals surface area contributed by atoms with Crippen LogP contribution in [0.3, 0.4) is 0 Å². The average molecular weight is 342 g/mol. The van der Waals surface area contributed by atoms with E-state index in [-0.39, 0.29) is 17.7 Å². The van der Waals surface area contributed by atoms with E-state index in [1.165, 1.54) is 24.3 Å². The first-order chi connectivity index (χ1) is 12.1. The van der Waals surface area contributed by atoms with Crippen LogP contribution in [0.2, 0.25) is 0 Å². The number of halogens is 1. The molecular weight excluding hydrogens is 323 g/mol. The number of hydrogen-bond acceptors (Lipinski definition) is 3. The lowest BCUT2D eigenvalue weighted by atomic mass is 10.1. The Kier molecular flexibility index (Phi) is 5.40. The quantitative estimate of drug-likeness (QED) is 0.878. The number of nitrogens with one attached hydrogen (secondary N) is 2. The summed E-state index contributed by atoms with van der Waals surface area (Å²) in [5.41, 5.74) is 0.922. The van der Waals surface area contributed by atoms with Crippen LogP contribution in [0, 0.1) is 5.82 Å². The van der Waals surface area contributed by atoms with E-state index in [9.17, 15) is 14.0 Å². The van der Waals surface area contributed by atoms with Gasteiger partial charge in [0.15, 0.2) is 0 Å². The highest BCUT2D eigenvalue weighted by molar-refractivity contribution is 6.05. The van der Waals surface area contributed by atoms with E-state index < -0.39 is 11.7 Å². The molecule has 1 aliphatic rings. The monoisotopic (exact) mass is 342 g/mol. The number of hydrogen-bond donors (Lipinski definition) is 2. The standard InChI is InChI=1S/C19H19FN2O3/c20-16-5-1-2-6-17(16)22-19(24)14-9-7-13(8-10-14)18(23)21-12-15-4-3-11-25-15/h1-2,5-10,15H,3-4,11-12H2,(H,21,23)(H,22,24). The molecule has 0 aromatic heterocycles. The zero-order chi connectivity index (χ0) is 17.6. The first-order valence-electron chi connectivity index (χ1n) is 8.19. The zero-order valence-electron chi connectivity index (χ0n) is 13.6. The van der Waals surface area contributed by atoms with Crippen molar-refractivity contribution in [2.75, 3.05) is 18.5 Å².